The second-order valence-electron chi connectivity index (χ2n) is 11.3. The van der Waals surface area contributed by atoms with Gasteiger partial charge in [-0.2, -0.15) is 0 Å². The molecule has 0 saturated heterocycles. The molecule has 0 bridgehead atoms. The number of carbonyl (C=O) groups excluding carboxylic acids is 1. The van der Waals surface area contributed by atoms with Crippen molar-refractivity contribution in [2.45, 2.75) is 5.75 Å². The van der Waals surface area contributed by atoms with Gasteiger partial charge in [-0.3, -0.25) is 25.2 Å². The van der Waals surface area contributed by atoms with Gasteiger partial charge in [0.05, 0.1) is 61.3 Å². The monoisotopic (exact) mass is 828 g/mol. The summed E-state index contributed by atoms with van der Waals surface area (Å²) >= 11 is 0. The number of ether oxygens (including phenoxy) is 6. The molecule has 0 aliphatic carbocycles. The van der Waals surface area contributed by atoms with E-state index in [1.54, 1.807) is 59.2 Å². The Morgan fingerprint density at radius 3 is 1.82 bits per heavy atom. The molecule has 0 atom stereocenters. The van der Waals surface area contributed by atoms with E-state index >= 15 is 0 Å². The number of rotatable bonds is 13. The number of anilines is 1. The van der Waals surface area contributed by atoms with Gasteiger partial charge in [0, 0.05) is 12.3 Å². The highest BCUT2D eigenvalue weighted by molar-refractivity contribution is 7.90. The molecule has 3 N–H and O–H groups in total. The SMILES string of the molecule is COc1cccc(-c2nnc(CS(C)(=O)=O)n2-c2c(OC)cccc2OC)n1.COc1cncc(C(=O)NNC(=NS(C)(=O)=O)Nc2c(OC)cccc2OC)n1. The van der Waals surface area contributed by atoms with Crippen LogP contribution in [0.1, 0.15) is 16.3 Å². The number of nitrogens with zero attached hydrogens (tertiary/aromatic N) is 7. The lowest BCUT2D eigenvalue weighted by atomic mass is 10.2. The summed E-state index contributed by atoms with van der Waals surface area (Å²) in [7, 11) is 1.59. The van der Waals surface area contributed by atoms with Crippen molar-refractivity contribution in [1.29, 1.82) is 0 Å². The number of aromatic nitrogens is 6. The Bertz CT molecular complexity index is 2400. The van der Waals surface area contributed by atoms with E-state index in [1.165, 1.54) is 55.1 Å². The van der Waals surface area contributed by atoms with Crippen LogP contribution in [-0.4, -0.2) is 114 Å². The van der Waals surface area contributed by atoms with Gasteiger partial charge in [-0.05, 0) is 30.3 Å². The first kappa shape index (κ1) is 43.0. The Morgan fingerprint density at radius 2 is 1.28 bits per heavy atom. The Morgan fingerprint density at radius 1 is 0.702 bits per heavy atom. The van der Waals surface area contributed by atoms with Gasteiger partial charge in [-0.15, -0.1) is 14.6 Å². The van der Waals surface area contributed by atoms with Crippen LogP contribution in [0.4, 0.5) is 5.69 Å². The molecule has 23 heteroatoms. The largest absolute Gasteiger partial charge is 0.494 e. The van der Waals surface area contributed by atoms with Crippen molar-refractivity contribution in [2.75, 3.05) is 60.5 Å². The maximum atomic E-state index is 12.3. The molecule has 0 fully saturated rings. The molecule has 0 aliphatic rings. The van der Waals surface area contributed by atoms with E-state index in [0.717, 1.165) is 12.5 Å². The third kappa shape index (κ3) is 11.6. The average Bonchev–Trinajstić information content (AvgIpc) is 3.60. The summed E-state index contributed by atoms with van der Waals surface area (Å²) in [6.07, 6.45) is 4.57. The third-order valence-corrected chi connectivity index (χ3v) is 8.48. The maximum absolute atomic E-state index is 12.3. The molecule has 304 valence electrons. The third-order valence-electron chi connectivity index (χ3n) is 7.19. The first-order valence-corrected chi connectivity index (χ1v) is 20.1. The highest BCUT2D eigenvalue weighted by atomic mass is 32.2. The second-order valence-corrected chi connectivity index (χ2v) is 15.1. The average molecular weight is 829 g/mol. The van der Waals surface area contributed by atoms with Crippen molar-refractivity contribution >= 4 is 37.4 Å². The van der Waals surface area contributed by atoms with Gasteiger partial charge in [0.2, 0.25) is 17.7 Å². The van der Waals surface area contributed by atoms with Crippen LogP contribution in [0.5, 0.6) is 34.8 Å². The van der Waals surface area contributed by atoms with Crippen LogP contribution in [0.3, 0.4) is 0 Å². The summed E-state index contributed by atoms with van der Waals surface area (Å²) in [5, 5.41) is 11.0. The topological polar surface area (TPSA) is 259 Å². The molecule has 0 spiro atoms. The molecule has 21 nitrogen and oxygen atoms in total. The van der Waals surface area contributed by atoms with Crippen molar-refractivity contribution in [1.82, 2.24) is 40.6 Å². The summed E-state index contributed by atoms with van der Waals surface area (Å²) in [6.45, 7) is 0. The standard InChI is InChI=1S/C18H20N4O5S.C16H20N6O6S/c1-25-13-8-6-9-14(26-2)17(13)22-15(11-28(4,23)24)20-21-18(22)12-7-5-10-16(19-12)27-3;1-26-11-6-5-7-12(27-2)14(11)19-16(22-29(4,24)25)21-20-15(23)10-8-17-9-13(18-10)28-3/h5-10H,11H2,1-4H3;5-9H,1-4H3,(H,20,23)(H2,19,21,22). The first-order valence-electron chi connectivity index (χ1n) is 16.2. The minimum atomic E-state index is -3.82. The first-order chi connectivity index (χ1) is 27.1. The molecular formula is C34H40N10O11S2. The number of amides is 1. The van der Waals surface area contributed by atoms with Crippen molar-refractivity contribution in [3.8, 4) is 52.0 Å². The van der Waals surface area contributed by atoms with E-state index in [9.17, 15) is 21.6 Å². The summed E-state index contributed by atoms with van der Waals surface area (Å²) in [5.41, 5.74) is 5.86. The highest BCUT2D eigenvalue weighted by Crippen LogP contribution is 2.37. The van der Waals surface area contributed by atoms with E-state index in [2.05, 4.69) is 45.7 Å². The van der Waals surface area contributed by atoms with E-state index in [1.807, 2.05) is 0 Å². The molecule has 5 rings (SSSR count). The van der Waals surface area contributed by atoms with Crippen molar-refractivity contribution in [3.63, 3.8) is 0 Å². The Hall–Kier alpha value is -6.75. The van der Waals surface area contributed by atoms with Gasteiger partial charge in [0.1, 0.15) is 45.8 Å². The van der Waals surface area contributed by atoms with Crippen molar-refractivity contribution < 1.29 is 50.1 Å². The minimum Gasteiger partial charge on any atom is -0.494 e. The quantitative estimate of drug-likeness (QED) is 0.0872. The minimum absolute atomic E-state index is 0.0644. The summed E-state index contributed by atoms with van der Waals surface area (Å²) in [4.78, 5) is 24.4. The number of sulfonamides is 1. The van der Waals surface area contributed by atoms with Crippen LogP contribution >= 0.6 is 0 Å². The zero-order valence-corrected chi connectivity index (χ0v) is 33.6. The number of nitrogens with one attached hydrogen (secondary N) is 3. The zero-order chi connectivity index (χ0) is 41.8. The number of methoxy groups -OCH3 is 6. The van der Waals surface area contributed by atoms with E-state index in [-0.39, 0.29) is 29.1 Å². The molecule has 57 heavy (non-hydrogen) atoms. The van der Waals surface area contributed by atoms with Gasteiger partial charge in [-0.1, -0.05) is 18.2 Å². The highest BCUT2D eigenvalue weighted by Gasteiger charge is 2.25. The molecular weight excluding hydrogens is 789 g/mol. The van der Waals surface area contributed by atoms with E-state index in [0.29, 0.717) is 51.8 Å². The number of guanidine groups is 1. The molecule has 1 amide bonds. The van der Waals surface area contributed by atoms with E-state index < -0.39 is 25.8 Å². The predicted molar refractivity (Wildman–Crippen MR) is 207 cm³/mol. The Balaban J connectivity index is 0.000000253. The predicted octanol–water partition coefficient (Wildman–Crippen LogP) is 2.06. The summed E-state index contributed by atoms with van der Waals surface area (Å²) in [5.74, 6) is 1.41. The van der Waals surface area contributed by atoms with Crippen molar-refractivity contribution in [2.24, 2.45) is 4.40 Å². The van der Waals surface area contributed by atoms with Crippen LogP contribution in [0.2, 0.25) is 0 Å². The van der Waals surface area contributed by atoms with Gasteiger partial charge in [0.15, 0.2) is 27.2 Å². The fourth-order valence-electron chi connectivity index (χ4n) is 4.82. The lowest BCUT2D eigenvalue weighted by Crippen LogP contribution is -2.45. The number of sulfone groups is 1. The Kier molecular flexibility index (Phi) is 14.5. The van der Waals surface area contributed by atoms with E-state index in [4.69, 9.17) is 28.4 Å². The normalized spacial score (nSPS) is 11.3. The molecule has 0 aliphatic heterocycles. The number of pyridine rings is 1. The molecule has 5 aromatic rings. The summed E-state index contributed by atoms with van der Waals surface area (Å²) in [6, 6.07) is 15.4. The Labute approximate surface area is 328 Å². The van der Waals surface area contributed by atoms with Gasteiger partial charge < -0.3 is 33.7 Å². The number of carbonyl (C=O) groups is 1. The summed E-state index contributed by atoms with van der Waals surface area (Å²) < 4.78 is 83.9. The van der Waals surface area contributed by atoms with Crippen LogP contribution in [0, 0.1) is 0 Å². The number of hydrogen-bond donors (Lipinski definition) is 3. The second kappa shape index (κ2) is 19.2. The van der Waals surface area contributed by atoms with Crippen LogP contribution in [0.15, 0.2) is 71.4 Å². The number of hydrazine groups is 1. The van der Waals surface area contributed by atoms with Crippen LogP contribution in [-0.2, 0) is 25.6 Å². The number of hydrogen-bond acceptors (Lipinski definition) is 16. The zero-order valence-electron chi connectivity index (χ0n) is 32.0. The lowest BCUT2D eigenvalue weighted by molar-refractivity contribution is 0.0937. The molecule has 0 unspecified atom stereocenters. The van der Waals surface area contributed by atoms with Gasteiger partial charge >= 0.3 is 0 Å². The molecule has 0 radical (unpaired) electrons. The van der Waals surface area contributed by atoms with Crippen molar-refractivity contribution in [3.05, 3.63) is 78.5 Å². The fourth-order valence-corrected chi connectivity index (χ4v) is 5.90. The van der Waals surface area contributed by atoms with Crippen LogP contribution in [0.25, 0.3) is 17.2 Å². The molecule has 3 aromatic heterocycles. The fraction of sp³-hybridized carbons (Fsp3) is 0.265. The number of benzene rings is 2. The maximum Gasteiger partial charge on any atom is 0.290 e. The molecule has 2 aromatic carbocycles. The lowest BCUT2D eigenvalue weighted by Gasteiger charge is -2.17. The smallest absolute Gasteiger partial charge is 0.290 e. The molecule has 0 saturated carbocycles. The van der Waals surface area contributed by atoms with Gasteiger partial charge in [0.25, 0.3) is 15.9 Å². The van der Waals surface area contributed by atoms with Gasteiger partial charge in [-0.25, -0.2) is 26.8 Å². The van der Waals surface area contributed by atoms with Crippen LogP contribution < -0.4 is 44.6 Å². The molecule has 3 heterocycles. The number of para-hydroxylation sites is 2.